The zero-order valence-corrected chi connectivity index (χ0v) is 12.9. The molecule has 1 rings (SSSR count). The molecule has 0 saturated carbocycles. The van der Waals surface area contributed by atoms with Crippen LogP contribution < -0.4 is 11.3 Å². The molecule has 0 radical (unpaired) electrons. The number of nitrogens with two attached hydrogens (primary N) is 1. The van der Waals surface area contributed by atoms with Gasteiger partial charge in [-0.15, -0.1) is 11.3 Å². The summed E-state index contributed by atoms with van der Waals surface area (Å²) in [6, 6.07) is 2.03. The van der Waals surface area contributed by atoms with Gasteiger partial charge in [0, 0.05) is 20.5 Å². The van der Waals surface area contributed by atoms with Gasteiger partial charge < -0.3 is 0 Å². The zero-order chi connectivity index (χ0) is 12.9. The van der Waals surface area contributed by atoms with E-state index < -0.39 is 9.84 Å². The Hall–Kier alpha value is 0.0500. The molecule has 0 aliphatic rings. The summed E-state index contributed by atoms with van der Waals surface area (Å²) in [6.07, 6.45) is 1.35. The van der Waals surface area contributed by atoms with E-state index in [9.17, 15) is 8.42 Å². The second-order valence-corrected chi connectivity index (χ2v) is 8.10. The maximum atomic E-state index is 11.4. The molecule has 0 aliphatic heterocycles. The average molecular weight is 341 g/mol. The van der Waals surface area contributed by atoms with Gasteiger partial charge >= 0.3 is 0 Å². The summed E-state index contributed by atoms with van der Waals surface area (Å²) in [4.78, 5) is 1.12. The minimum atomic E-state index is -2.87. The largest absolute Gasteiger partial charge is 0.271 e. The highest BCUT2D eigenvalue weighted by Crippen LogP contribution is 2.27. The fourth-order valence-corrected chi connectivity index (χ4v) is 3.91. The van der Waals surface area contributed by atoms with Gasteiger partial charge in [-0.25, -0.2) is 8.42 Å². The Morgan fingerprint density at radius 2 is 2.29 bits per heavy atom. The Morgan fingerprint density at radius 3 is 2.76 bits per heavy atom. The maximum absolute atomic E-state index is 11.4. The van der Waals surface area contributed by atoms with E-state index >= 15 is 0 Å². The van der Waals surface area contributed by atoms with Crippen LogP contribution in [-0.4, -0.2) is 19.9 Å². The molecule has 0 saturated heterocycles. The van der Waals surface area contributed by atoms with E-state index in [0.717, 1.165) is 15.8 Å². The topological polar surface area (TPSA) is 72.2 Å². The van der Waals surface area contributed by atoms with E-state index in [-0.39, 0.29) is 17.5 Å². The monoisotopic (exact) mass is 340 g/mol. The first-order valence-corrected chi connectivity index (χ1v) is 8.88. The van der Waals surface area contributed by atoms with E-state index in [4.69, 9.17) is 5.84 Å². The first-order chi connectivity index (χ1) is 7.98. The van der Waals surface area contributed by atoms with Crippen LogP contribution in [0.5, 0.6) is 0 Å². The summed E-state index contributed by atoms with van der Waals surface area (Å²) in [5.41, 5.74) is 2.73. The van der Waals surface area contributed by atoms with E-state index in [1.807, 2.05) is 11.4 Å². The molecule has 0 aliphatic carbocycles. The molecule has 0 spiro atoms. The van der Waals surface area contributed by atoms with Gasteiger partial charge in [-0.05, 0) is 34.8 Å². The van der Waals surface area contributed by atoms with Crippen LogP contribution in [0.25, 0.3) is 0 Å². The van der Waals surface area contributed by atoms with Crippen LogP contribution in [0, 0.1) is 0 Å². The lowest BCUT2D eigenvalue weighted by molar-refractivity contribution is 0.514. The molecule has 1 unspecified atom stereocenters. The molecule has 3 N–H and O–H groups in total. The Kier molecular flexibility index (Phi) is 6.08. The smallest absolute Gasteiger partial charge is 0.150 e. The number of sulfone groups is 1. The van der Waals surface area contributed by atoms with Gasteiger partial charge in [0.1, 0.15) is 9.84 Å². The van der Waals surface area contributed by atoms with Gasteiger partial charge in [-0.1, -0.05) is 6.92 Å². The quantitative estimate of drug-likeness (QED) is 0.589. The predicted octanol–water partition coefficient (Wildman–Crippen LogP) is 2.23. The Balaban J connectivity index is 2.49. The summed E-state index contributed by atoms with van der Waals surface area (Å²) >= 11 is 4.99. The van der Waals surface area contributed by atoms with Crippen molar-refractivity contribution >= 4 is 37.1 Å². The minimum absolute atomic E-state index is 0.0263. The number of hydrazine groups is 1. The zero-order valence-electron chi connectivity index (χ0n) is 9.65. The number of hydrogen-bond acceptors (Lipinski definition) is 5. The minimum Gasteiger partial charge on any atom is -0.271 e. The first kappa shape index (κ1) is 15.1. The van der Waals surface area contributed by atoms with Gasteiger partial charge in [0.15, 0.2) is 0 Å². The third-order valence-electron chi connectivity index (χ3n) is 2.52. The first-order valence-electron chi connectivity index (χ1n) is 5.39. The van der Waals surface area contributed by atoms with Crippen molar-refractivity contribution in [1.82, 2.24) is 5.43 Å². The van der Waals surface area contributed by atoms with Gasteiger partial charge in [0.2, 0.25) is 0 Å². The Morgan fingerprint density at radius 1 is 1.59 bits per heavy atom. The van der Waals surface area contributed by atoms with Crippen LogP contribution >= 0.6 is 27.3 Å². The molecule has 0 bridgehead atoms. The fraction of sp³-hybridized carbons (Fsp3) is 0.600. The lowest BCUT2D eigenvalue weighted by atomic mass is 10.1. The van der Waals surface area contributed by atoms with E-state index in [0.29, 0.717) is 6.42 Å². The molecule has 1 aromatic heterocycles. The highest BCUT2D eigenvalue weighted by Gasteiger charge is 2.14. The van der Waals surface area contributed by atoms with E-state index in [1.54, 1.807) is 18.3 Å². The molecule has 7 heteroatoms. The van der Waals surface area contributed by atoms with Crippen LogP contribution in [0.2, 0.25) is 0 Å². The molecular weight excluding hydrogens is 324 g/mol. The van der Waals surface area contributed by atoms with Gasteiger partial charge in [0.25, 0.3) is 0 Å². The maximum Gasteiger partial charge on any atom is 0.150 e. The Bertz CT molecular complexity index is 445. The molecule has 0 amide bonds. The normalized spacial score (nSPS) is 13.8. The fourth-order valence-electron chi connectivity index (χ4n) is 1.47. The predicted molar refractivity (Wildman–Crippen MR) is 75.6 cm³/mol. The highest BCUT2D eigenvalue weighted by molar-refractivity contribution is 9.10. The van der Waals surface area contributed by atoms with E-state index in [2.05, 4.69) is 21.4 Å². The second kappa shape index (κ2) is 6.84. The lowest BCUT2D eigenvalue weighted by Gasteiger charge is -2.13. The van der Waals surface area contributed by atoms with E-state index in [1.165, 1.54) is 0 Å². The van der Waals surface area contributed by atoms with Gasteiger partial charge in [-0.3, -0.25) is 11.3 Å². The number of halogens is 1. The summed E-state index contributed by atoms with van der Waals surface area (Å²) < 4.78 is 23.7. The Labute approximate surface area is 115 Å². The third-order valence-corrected chi connectivity index (χ3v) is 6.12. The SMILES string of the molecule is CCS(=O)(=O)CCCC(NN)c1cc(Br)cs1. The van der Waals surface area contributed by atoms with Crippen LogP contribution in [0.1, 0.15) is 30.7 Å². The standard InChI is InChI=1S/C10H17BrN2O2S2/c1-2-17(14,15)5-3-4-9(13-12)10-6-8(11)7-16-10/h6-7,9,13H,2-5,12H2,1H3. The lowest BCUT2D eigenvalue weighted by Crippen LogP contribution is -2.27. The molecule has 17 heavy (non-hydrogen) atoms. The molecule has 98 valence electrons. The molecule has 1 heterocycles. The van der Waals surface area contributed by atoms with Crippen LogP contribution in [0.15, 0.2) is 15.9 Å². The summed E-state index contributed by atoms with van der Waals surface area (Å²) in [7, 11) is -2.87. The average Bonchev–Trinajstić information content (AvgIpc) is 2.71. The third kappa shape index (κ3) is 5.05. The molecular formula is C10H17BrN2O2S2. The van der Waals surface area contributed by atoms with Crippen molar-refractivity contribution in [3.63, 3.8) is 0 Å². The molecule has 1 aromatic rings. The summed E-state index contributed by atoms with van der Waals surface area (Å²) in [5, 5.41) is 1.99. The molecule has 4 nitrogen and oxygen atoms in total. The van der Waals surface area contributed by atoms with Crippen LogP contribution in [-0.2, 0) is 9.84 Å². The second-order valence-electron chi connectivity index (χ2n) is 3.77. The van der Waals surface area contributed by atoms with Crippen molar-refractivity contribution in [3.8, 4) is 0 Å². The summed E-state index contributed by atoms with van der Waals surface area (Å²) in [6.45, 7) is 1.67. The number of nitrogens with one attached hydrogen (secondary N) is 1. The van der Waals surface area contributed by atoms with Crippen molar-refractivity contribution in [2.24, 2.45) is 5.84 Å². The number of rotatable bonds is 7. The van der Waals surface area contributed by atoms with Crippen molar-refractivity contribution in [2.75, 3.05) is 11.5 Å². The van der Waals surface area contributed by atoms with Crippen LogP contribution in [0.3, 0.4) is 0 Å². The van der Waals surface area contributed by atoms with Crippen LogP contribution in [0.4, 0.5) is 0 Å². The van der Waals surface area contributed by atoms with Gasteiger partial charge in [0.05, 0.1) is 11.8 Å². The highest BCUT2D eigenvalue weighted by atomic mass is 79.9. The molecule has 0 aromatic carbocycles. The van der Waals surface area contributed by atoms with Crippen molar-refractivity contribution in [3.05, 3.63) is 20.8 Å². The van der Waals surface area contributed by atoms with Gasteiger partial charge in [-0.2, -0.15) is 0 Å². The van der Waals surface area contributed by atoms with Crippen molar-refractivity contribution in [1.29, 1.82) is 0 Å². The number of hydrogen-bond donors (Lipinski definition) is 2. The van der Waals surface area contributed by atoms with Crippen molar-refractivity contribution < 1.29 is 8.42 Å². The number of thiophene rings is 1. The van der Waals surface area contributed by atoms with Crippen molar-refractivity contribution in [2.45, 2.75) is 25.8 Å². The summed E-state index contributed by atoms with van der Waals surface area (Å²) in [5.74, 6) is 5.93. The molecule has 0 fully saturated rings. The molecule has 1 atom stereocenters.